The second-order valence-electron chi connectivity index (χ2n) is 4.29. The number of aliphatic imine (C=N–C) groups is 1. The van der Waals surface area contributed by atoms with E-state index in [4.69, 9.17) is 15.9 Å². The van der Waals surface area contributed by atoms with E-state index in [1.807, 2.05) is 48.5 Å². The van der Waals surface area contributed by atoms with Gasteiger partial charge in [-0.1, -0.05) is 36.4 Å². The first kappa shape index (κ1) is 11.5. The Morgan fingerprint density at radius 1 is 1.11 bits per heavy atom. The number of nitrogens with one attached hydrogen (secondary N) is 1. The van der Waals surface area contributed by atoms with Crippen LogP contribution in [0.2, 0.25) is 0 Å². The number of nitrogens with two attached hydrogens (primary N) is 1. The number of fused-ring (bicyclic) bond motifs is 1. The molecule has 0 fully saturated rings. The van der Waals surface area contributed by atoms with Crippen LogP contribution in [0.1, 0.15) is 17.2 Å². The molecule has 3 rings (SSSR count). The Kier molecular flexibility index (Phi) is 2.76. The molecule has 94 valence electrons. The highest BCUT2D eigenvalue weighted by molar-refractivity contribution is 5.97. The van der Waals surface area contributed by atoms with Gasteiger partial charge in [-0.25, -0.2) is 0 Å². The molecule has 0 saturated carbocycles. The molecule has 2 aromatic rings. The van der Waals surface area contributed by atoms with Gasteiger partial charge in [0, 0.05) is 11.1 Å². The van der Waals surface area contributed by atoms with Crippen LogP contribution in [-0.4, -0.2) is 12.1 Å². The van der Waals surface area contributed by atoms with Gasteiger partial charge in [-0.2, -0.15) is 0 Å². The van der Waals surface area contributed by atoms with E-state index in [2.05, 4.69) is 4.99 Å². The first-order valence-electron chi connectivity index (χ1n) is 5.99. The van der Waals surface area contributed by atoms with Crippen LogP contribution in [0.25, 0.3) is 0 Å². The van der Waals surface area contributed by atoms with Gasteiger partial charge < -0.3 is 10.5 Å². The number of rotatable bonds is 2. The van der Waals surface area contributed by atoms with Crippen LogP contribution in [0.3, 0.4) is 0 Å². The van der Waals surface area contributed by atoms with Crippen molar-refractivity contribution in [3.63, 3.8) is 0 Å². The van der Waals surface area contributed by atoms with E-state index in [-0.39, 0.29) is 11.9 Å². The maximum Gasteiger partial charge on any atom is 0.160 e. The molecule has 1 heterocycles. The molecule has 0 aliphatic carbocycles. The van der Waals surface area contributed by atoms with Crippen LogP contribution in [0.4, 0.5) is 5.69 Å². The number of nitrogen functional groups attached to an aromatic ring is 1. The molecule has 4 nitrogen and oxygen atoms in total. The second kappa shape index (κ2) is 4.57. The van der Waals surface area contributed by atoms with Crippen molar-refractivity contribution in [2.75, 3.05) is 0 Å². The number of para-hydroxylation sites is 2. The first-order valence-corrected chi connectivity index (χ1v) is 5.99. The van der Waals surface area contributed by atoms with Crippen molar-refractivity contribution in [2.24, 2.45) is 10.7 Å². The highest BCUT2D eigenvalue weighted by atomic mass is 16.5. The molecule has 1 aliphatic heterocycles. The quantitative estimate of drug-likeness (QED) is 0.636. The molecular weight excluding hydrogens is 238 g/mol. The van der Waals surface area contributed by atoms with E-state index in [1.165, 1.54) is 0 Å². The van der Waals surface area contributed by atoms with Gasteiger partial charge in [0.1, 0.15) is 17.3 Å². The highest BCUT2D eigenvalue weighted by Crippen LogP contribution is 2.35. The molecule has 1 aliphatic rings. The number of ether oxygens (including phenoxy) is 1. The van der Waals surface area contributed by atoms with E-state index in [0.29, 0.717) is 5.56 Å². The Labute approximate surface area is 111 Å². The molecule has 0 spiro atoms. The van der Waals surface area contributed by atoms with E-state index >= 15 is 0 Å². The number of benzene rings is 2. The SMILES string of the molecule is N=C(N)c1ccccc1C1C=Nc2ccccc2O1. The van der Waals surface area contributed by atoms with Gasteiger partial charge in [-0.05, 0) is 12.1 Å². The maximum atomic E-state index is 7.62. The van der Waals surface area contributed by atoms with Gasteiger partial charge >= 0.3 is 0 Å². The molecular formula is C15H13N3O. The fraction of sp³-hybridized carbons (Fsp3) is 0.0667. The number of hydrogen-bond donors (Lipinski definition) is 2. The van der Waals surface area contributed by atoms with Crippen molar-refractivity contribution in [2.45, 2.75) is 6.10 Å². The minimum Gasteiger partial charge on any atom is -0.478 e. The molecule has 0 bridgehead atoms. The van der Waals surface area contributed by atoms with Gasteiger partial charge in [0.05, 0.1) is 6.21 Å². The fourth-order valence-corrected chi connectivity index (χ4v) is 2.11. The standard InChI is InChI=1S/C15H13N3O/c16-15(17)11-6-2-1-5-10(11)14-9-18-12-7-3-4-8-13(12)19-14/h1-9,14H,(H3,16,17). The van der Waals surface area contributed by atoms with Crippen LogP contribution in [0.5, 0.6) is 5.75 Å². The normalized spacial score (nSPS) is 16.5. The lowest BCUT2D eigenvalue weighted by Crippen LogP contribution is -2.19. The van der Waals surface area contributed by atoms with E-state index in [0.717, 1.165) is 17.0 Å². The average molecular weight is 251 g/mol. The van der Waals surface area contributed by atoms with Crippen LogP contribution in [0.15, 0.2) is 53.5 Å². The minimum atomic E-state index is -0.310. The molecule has 0 saturated heterocycles. The maximum absolute atomic E-state index is 7.62. The Morgan fingerprint density at radius 3 is 2.68 bits per heavy atom. The molecule has 1 atom stereocenters. The molecule has 4 heteroatoms. The monoisotopic (exact) mass is 251 g/mol. The summed E-state index contributed by atoms with van der Waals surface area (Å²) in [5, 5.41) is 7.62. The third-order valence-corrected chi connectivity index (χ3v) is 3.03. The average Bonchev–Trinajstić information content (AvgIpc) is 2.46. The summed E-state index contributed by atoms with van der Waals surface area (Å²) in [6.07, 6.45) is 1.43. The summed E-state index contributed by atoms with van der Waals surface area (Å²) in [5.74, 6) is 0.778. The topological polar surface area (TPSA) is 71.5 Å². The smallest absolute Gasteiger partial charge is 0.160 e. The number of amidine groups is 1. The van der Waals surface area contributed by atoms with Crippen LogP contribution < -0.4 is 10.5 Å². The van der Waals surface area contributed by atoms with Gasteiger partial charge in [-0.15, -0.1) is 0 Å². The Morgan fingerprint density at radius 2 is 1.84 bits per heavy atom. The fourth-order valence-electron chi connectivity index (χ4n) is 2.11. The summed E-state index contributed by atoms with van der Waals surface area (Å²) in [6.45, 7) is 0. The lowest BCUT2D eigenvalue weighted by atomic mass is 10.0. The van der Waals surface area contributed by atoms with Crippen LogP contribution in [0, 0.1) is 5.41 Å². The van der Waals surface area contributed by atoms with Gasteiger partial charge in [0.15, 0.2) is 6.10 Å². The number of hydrogen-bond acceptors (Lipinski definition) is 3. The summed E-state index contributed by atoms with van der Waals surface area (Å²) >= 11 is 0. The summed E-state index contributed by atoms with van der Waals surface area (Å²) in [5.41, 5.74) is 7.95. The Balaban J connectivity index is 2.01. The first-order chi connectivity index (χ1) is 9.25. The molecule has 0 radical (unpaired) electrons. The lowest BCUT2D eigenvalue weighted by Gasteiger charge is -2.22. The van der Waals surface area contributed by atoms with Gasteiger partial charge in [-0.3, -0.25) is 10.4 Å². The van der Waals surface area contributed by atoms with Crippen LogP contribution >= 0.6 is 0 Å². The zero-order chi connectivity index (χ0) is 13.2. The Hall–Kier alpha value is -2.62. The van der Waals surface area contributed by atoms with Gasteiger partial charge in [0.2, 0.25) is 0 Å². The molecule has 1 unspecified atom stereocenters. The summed E-state index contributed by atoms with van der Waals surface area (Å²) in [4.78, 5) is 4.39. The summed E-state index contributed by atoms with van der Waals surface area (Å²) < 4.78 is 5.91. The molecule has 0 amide bonds. The third-order valence-electron chi connectivity index (χ3n) is 3.03. The second-order valence-corrected chi connectivity index (χ2v) is 4.29. The molecule has 2 aromatic carbocycles. The van der Waals surface area contributed by atoms with Crippen LogP contribution in [-0.2, 0) is 0 Å². The largest absolute Gasteiger partial charge is 0.478 e. The number of nitrogens with zero attached hydrogens (tertiary/aromatic N) is 1. The predicted octanol–water partition coefficient (Wildman–Crippen LogP) is 2.81. The van der Waals surface area contributed by atoms with Crippen molar-refractivity contribution in [3.8, 4) is 5.75 Å². The molecule has 19 heavy (non-hydrogen) atoms. The van der Waals surface area contributed by atoms with E-state index in [1.54, 1.807) is 6.21 Å². The minimum absolute atomic E-state index is 0.0338. The van der Waals surface area contributed by atoms with Crippen molar-refractivity contribution in [1.29, 1.82) is 5.41 Å². The summed E-state index contributed by atoms with van der Waals surface area (Å²) in [6, 6.07) is 15.1. The van der Waals surface area contributed by atoms with E-state index in [9.17, 15) is 0 Å². The van der Waals surface area contributed by atoms with Crippen molar-refractivity contribution >= 4 is 17.7 Å². The van der Waals surface area contributed by atoms with Crippen molar-refractivity contribution < 1.29 is 4.74 Å². The highest BCUT2D eigenvalue weighted by Gasteiger charge is 2.20. The lowest BCUT2D eigenvalue weighted by molar-refractivity contribution is 0.274. The van der Waals surface area contributed by atoms with E-state index < -0.39 is 0 Å². The van der Waals surface area contributed by atoms with Crippen molar-refractivity contribution in [1.82, 2.24) is 0 Å². The zero-order valence-electron chi connectivity index (χ0n) is 10.2. The predicted molar refractivity (Wildman–Crippen MR) is 75.4 cm³/mol. The van der Waals surface area contributed by atoms with Crippen molar-refractivity contribution in [3.05, 3.63) is 59.7 Å². The zero-order valence-corrected chi connectivity index (χ0v) is 10.2. The molecule has 0 aromatic heterocycles. The Bertz CT molecular complexity index is 664. The van der Waals surface area contributed by atoms with Gasteiger partial charge in [0.25, 0.3) is 0 Å². The third kappa shape index (κ3) is 2.08. The summed E-state index contributed by atoms with van der Waals surface area (Å²) in [7, 11) is 0. The molecule has 3 N–H and O–H groups in total.